The van der Waals surface area contributed by atoms with Gasteiger partial charge in [0.25, 0.3) is 0 Å². The maximum absolute atomic E-state index is 13.1. The number of pyridine rings is 1. The molecule has 0 aromatic carbocycles. The highest BCUT2D eigenvalue weighted by atomic mass is 19.1. The number of hydrogen-bond donors (Lipinski definition) is 0. The van der Waals surface area contributed by atoms with Gasteiger partial charge in [0, 0.05) is 11.8 Å². The average molecular weight is 162 g/mol. The standard InChI is InChI=1S/C9H7FN2/c10-8-7(2-1-5-12-8)9(6-11)3-4-9/h1-2,5H,3-4H2. The first kappa shape index (κ1) is 7.23. The van der Waals surface area contributed by atoms with Crippen LogP contribution in [0.2, 0.25) is 0 Å². The first-order chi connectivity index (χ1) is 5.78. The Bertz CT molecular complexity index is 350. The fourth-order valence-corrected chi connectivity index (χ4v) is 1.31. The molecule has 2 rings (SSSR count). The fraction of sp³-hybridized carbons (Fsp3) is 0.333. The van der Waals surface area contributed by atoms with Gasteiger partial charge in [0.15, 0.2) is 0 Å². The molecule has 0 bridgehead atoms. The molecule has 3 heteroatoms. The van der Waals surface area contributed by atoms with Crippen LogP contribution >= 0.6 is 0 Å². The molecule has 60 valence electrons. The van der Waals surface area contributed by atoms with E-state index in [1.807, 2.05) is 0 Å². The lowest BCUT2D eigenvalue weighted by atomic mass is 10.00. The van der Waals surface area contributed by atoms with E-state index in [-0.39, 0.29) is 0 Å². The van der Waals surface area contributed by atoms with Crippen LogP contribution < -0.4 is 0 Å². The molecular weight excluding hydrogens is 155 g/mol. The van der Waals surface area contributed by atoms with Gasteiger partial charge in [-0.1, -0.05) is 6.07 Å². The highest BCUT2D eigenvalue weighted by Gasteiger charge is 2.46. The summed E-state index contributed by atoms with van der Waals surface area (Å²) in [6.45, 7) is 0. The number of aromatic nitrogens is 1. The Morgan fingerprint density at radius 1 is 1.58 bits per heavy atom. The van der Waals surface area contributed by atoms with E-state index in [4.69, 9.17) is 5.26 Å². The predicted octanol–water partition coefficient (Wildman–Crippen LogP) is 1.78. The van der Waals surface area contributed by atoms with Crippen LogP contribution in [0.4, 0.5) is 4.39 Å². The third kappa shape index (κ3) is 0.884. The lowest BCUT2D eigenvalue weighted by Gasteiger charge is -2.04. The van der Waals surface area contributed by atoms with E-state index in [0.717, 1.165) is 12.8 Å². The summed E-state index contributed by atoms with van der Waals surface area (Å²) in [5.41, 5.74) is -0.106. The molecule has 12 heavy (non-hydrogen) atoms. The molecule has 0 atom stereocenters. The Morgan fingerprint density at radius 2 is 2.33 bits per heavy atom. The maximum Gasteiger partial charge on any atom is 0.217 e. The third-order valence-electron chi connectivity index (χ3n) is 2.24. The lowest BCUT2D eigenvalue weighted by Crippen LogP contribution is -2.06. The molecule has 0 radical (unpaired) electrons. The van der Waals surface area contributed by atoms with Crippen LogP contribution in [0.5, 0.6) is 0 Å². The van der Waals surface area contributed by atoms with Crippen LogP contribution in [0, 0.1) is 17.3 Å². The molecule has 1 aliphatic carbocycles. The van der Waals surface area contributed by atoms with Gasteiger partial charge in [0.2, 0.25) is 5.95 Å². The van der Waals surface area contributed by atoms with Crippen molar-refractivity contribution in [2.24, 2.45) is 0 Å². The zero-order valence-corrected chi connectivity index (χ0v) is 6.42. The molecule has 0 N–H and O–H groups in total. The molecule has 1 aromatic heterocycles. The van der Waals surface area contributed by atoms with Crippen LogP contribution in [0.1, 0.15) is 18.4 Å². The van der Waals surface area contributed by atoms with Crippen molar-refractivity contribution in [1.29, 1.82) is 5.26 Å². The summed E-state index contributed by atoms with van der Waals surface area (Å²) >= 11 is 0. The van der Waals surface area contributed by atoms with E-state index >= 15 is 0 Å². The molecule has 1 aliphatic rings. The van der Waals surface area contributed by atoms with E-state index in [9.17, 15) is 4.39 Å². The summed E-state index contributed by atoms with van der Waals surface area (Å²) in [5.74, 6) is -0.503. The monoisotopic (exact) mass is 162 g/mol. The second kappa shape index (κ2) is 2.28. The van der Waals surface area contributed by atoms with E-state index < -0.39 is 11.4 Å². The SMILES string of the molecule is N#CC1(c2cccnc2F)CC1. The first-order valence-corrected chi connectivity index (χ1v) is 3.81. The molecule has 0 amide bonds. The van der Waals surface area contributed by atoms with Gasteiger partial charge in [-0.2, -0.15) is 9.65 Å². The predicted molar refractivity (Wildman–Crippen MR) is 40.7 cm³/mol. The number of rotatable bonds is 1. The molecule has 0 spiro atoms. The minimum Gasteiger partial charge on any atom is -0.228 e. The smallest absolute Gasteiger partial charge is 0.217 e. The zero-order chi connectivity index (χ0) is 8.60. The van der Waals surface area contributed by atoms with Gasteiger partial charge in [0.05, 0.1) is 11.5 Å². The Labute approximate surface area is 69.7 Å². The van der Waals surface area contributed by atoms with Gasteiger partial charge < -0.3 is 0 Å². The summed E-state index contributed by atoms with van der Waals surface area (Å²) in [5, 5.41) is 8.79. The largest absolute Gasteiger partial charge is 0.228 e. The van der Waals surface area contributed by atoms with Crippen molar-refractivity contribution in [2.45, 2.75) is 18.3 Å². The summed E-state index contributed by atoms with van der Waals surface area (Å²) in [6.07, 6.45) is 2.91. The van der Waals surface area contributed by atoms with Gasteiger partial charge in [-0.3, -0.25) is 0 Å². The molecule has 1 fully saturated rings. The van der Waals surface area contributed by atoms with E-state index in [1.54, 1.807) is 12.1 Å². The van der Waals surface area contributed by atoms with Gasteiger partial charge in [-0.25, -0.2) is 4.98 Å². The average Bonchev–Trinajstić information content (AvgIpc) is 2.86. The van der Waals surface area contributed by atoms with Crippen LogP contribution in [0.15, 0.2) is 18.3 Å². The number of halogens is 1. The zero-order valence-electron chi connectivity index (χ0n) is 6.42. The van der Waals surface area contributed by atoms with Crippen LogP contribution in [0.25, 0.3) is 0 Å². The number of nitriles is 1. The summed E-state index contributed by atoms with van der Waals surface area (Å²) in [7, 11) is 0. The van der Waals surface area contributed by atoms with Gasteiger partial charge in [0.1, 0.15) is 0 Å². The molecular formula is C9H7FN2. The number of hydrogen-bond acceptors (Lipinski definition) is 2. The third-order valence-corrected chi connectivity index (χ3v) is 2.24. The molecule has 0 unspecified atom stereocenters. The minimum absolute atomic E-state index is 0.451. The second-order valence-corrected chi connectivity index (χ2v) is 3.04. The summed E-state index contributed by atoms with van der Waals surface area (Å²) < 4.78 is 13.1. The molecule has 2 nitrogen and oxygen atoms in total. The molecule has 0 saturated heterocycles. The van der Waals surface area contributed by atoms with Crippen molar-refractivity contribution >= 4 is 0 Å². The molecule has 1 heterocycles. The first-order valence-electron chi connectivity index (χ1n) is 3.81. The topological polar surface area (TPSA) is 36.7 Å². The normalized spacial score (nSPS) is 18.3. The van der Waals surface area contributed by atoms with Crippen molar-refractivity contribution in [3.05, 3.63) is 29.8 Å². The Kier molecular flexibility index (Phi) is 1.37. The summed E-state index contributed by atoms with van der Waals surface area (Å²) in [6, 6.07) is 5.43. The van der Waals surface area contributed by atoms with Gasteiger partial charge >= 0.3 is 0 Å². The fourth-order valence-electron chi connectivity index (χ4n) is 1.31. The van der Waals surface area contributed by atoms with E-state index in [0.29, 0.717) is 5.56 Å². The van der Waals surface area contributed by atoms with E-state index in [1.165, 1.54) is 6.20 Å². The summed E-state index contributed by atoms with van der Waals surface area (Å²) in [4.78, 5) is 3.52. The Balaban J connectivity index is 2.48. The second-order valence-electron chi connectivity index (χ2n) is 3.04. The van der Waals surface area contributed by atoms with E-state index in [2.05, 4.69) is 11.1 Å². The van der Waals surface area contributed by atoms with Crippen LogP contribution in [0.3, 0.4) is 0 Å². The van der Waals surface area contributed by atoms with Crippen LogP contribution in [-0.2, 0) is 5.41 Å². The molecule has 1 saturated carbocycles. The minimum atomic E-state index is -0.557. The highest BCUT2D eigenvalue weighted by Crippen LogP contribution is 2.47. The quantitative estimate of drug-likeness (QED) is 0.590. The van der Waals surface area contributed by atoms with Crippen molar-refractivity contribution in [3.8, 4) is 6.07 Å². The molecule has 1 aromatic rings. The molecule has 0 aliphatic heterocycles. The van der Waals surface area contributed by atoms with Gasteiger partial charge in [-0.05, 0) is 18.9 Å². The lowest BCUT2D eigenvalue weighted by molar-refractivity contribution is 0.557. The highest BCUT2D eigenvalue weighted by molar-refractivity contribution is 5.37. The number of nitrogens with zero attached hydrogens (tertiary/aromatic N) is 2. The van der Waals surface area contributed by atoms with Crippen LogP contribution in [-0.4, -0.2) is 4.98 Å². The maximum atomic E-state index is 13.1. The van der Waals surface area contributed by atoms with Crippen molar-refractivity contribution in [3.63, 3.8) is 0 Å². The van der Waals surface area contributed by atoms with Crippen molar-refractivity contribution in [2.75, 3.05) is 0 Å². The van der Waals surface area contributed by atoms with Crippen molar-refractivity contribution in [1.82, 2.24) is 4.98 Å². The van der Waals surface area contributed by atoms with Crippen molar-refractivity contribution < 1.29 is 4.39 Å². The van der Waals surface area contributed by atoms with Gasteiger partial charge in [-0.15, -0.1) is 0 Å². The Hall–Kier alpha value is -1.43. The Morgan fingerprint density at radius 3 is 2.83 bits per heavy atom.